The molecule has 4 heteroatoms. The zero-order valence-electron chi connectivity index (χ0n) is 19.8. The summed E-state index contributed by atoms with van der Waals surface area (Å²) in [6.45, 7) is 11.7. The maximum atomic E-state index is 12.6. The maximum Gasteiger partial charge on any atom is 0.166 e. The minimum atomic E-state index is -0.457. The van der Waals surface area contributed by atoms with Gasteiger partial charge in [-0.15, -0.1) is 0 Å². The van der Waals surface area contributed by atoms with Gasteiger partial charge in [0.05, 0.1) is 11.3 Å². The van der Waals surface area contributed by atoms with E-state index in [2.05, 4.69) is 6.92 Å². The summed E-state index contributed by atoms with van der Waals surface area (Å²) < 4.78 is 0. The van der Waals surface area contributed by atoms with Crippen molar-refractivity contribution < 1.29 is 9.90 Å². The van der Waals surface area contributed by atoms with Crippen LogP contribution in [0.3, 0.4) is 0 Å². The minimum absolute atomic E-state index is 0.0757. The van der Waals surface area contributed by atoms with Crippen LogP contribution in [-0.4, -0.2) is 22.2 Å². The Balaban J connectivity index is 0.000000316. The summed E-state index contributed by atoms with van der Waals surface area (Å²) in [6.07, 6.45) is 3.41. The number of carbonyl (C=O) groups excluding carboxylic acids is 1. The molecule has 0 aromatic heterocycles. The lowest BCUT2D eigenvalue weighted by atomic mass is 9.87. The molecule has 0 aliphatic heterocycles. The van der Waals surface area contributed by atoms with Crippen LogP contribution in [0.2, 0.25) is 0 Å². The monoisotopic (exact) mass is 422 g/mol. The maximum absolute atomic E-state index is 12.6. The Bertz CT molecular complexity index is 921. The number of Topliss-reactive ketones (excluding diaryl/α,β-unsaturated/α-hetero) is 1. The molecule has 0 saturated heterocycles. The highest BCUT2D eigenvalue weighted by Gasteiger charge is 2.36. The molecule has 2 aromatic carbocycles. The fourth-order valence-electron chi connectivity index (χ4n) is 3.73. The average molecular weight is 423 g/mol. The number of aliphatic hydroxyl groups is 1. The molecule has 4 N–H and O–H groups in total. The number of para-hydroxylation sites is 1. The molecule has 1 saturated carbocycles. The smallest absolute Gasteiger partial charge is 0.166 e. The van der Waals surface area contributed by atoms with Crippen molar-refractivity contribution in [2.24, 2.45) is 17.8 Å². The highest BCUT2D eigenvalue weighted by molar-refractivity contribution is 6.19. The predicted octanol–water partition coefficient (Wildman–Crippen LogP) is 5.89. The summed E-state index contributed by atoms with van der Waals surface area (Å²) >= 11 is 0. The van der Waals surface area contributed by atoms with Gasteiger partial charge in [0.15, 0.2) is 5.78 Å². The van der Waals surface area contributed by atoms with Gasteiger partial charge in [-0.05, 0) is 56.6 Å². The van der Waals surface area contributed by atoms with E-state index in [-0.39, 0.29) is 11.7 Å². The van der Waals surface area contributed by atoms with Crippen molar-refractivity contribution in [1.29, 1.82) is 5.41 Å². The van der Waals surface area contributed by atoms with Crippen molar-refractivity contribution in [2.75, 3.05) is 5.73 Å². The van der Waals surface area contributed by atoms with E-state index in [1.54, 1.807) is 6.07 Å². The molecule has 2 aromatic rings. The highest BCUT2D eigenvalue weighted by Crippen LogP contribution is 2.41. The molecule has 1 atom stereocenters. The normalized spacial score (nSPS) is 14.6. The molecule has 0 bridgehead atoms. The van der Waals surface area contributed by atoms with Crippen molar-refractivity contribution >= 4 is 17.2 Å². The number of hydrogen-bond donors (Lipinski definition) is 3. The molecule has 1 unspecified atom stereocenters. The van der Waals surface area contributed by atoms with Gasteiger partial charge < -0.3 is 10.8 Å². The van der Waals surface area contributed by atoms with Gasteiger partial charge >= 0.3 is 0 Å². The zero-order chi connectivity index (χ0) is 23.3. The van der Waals surface area contributed by atoms with Crippen molar-refractivity contribution in [3.05, 3.63) is 64.7 Å². The Morgan fingerprint density at radius 2 is 1.68 bits per heavy atom. The first-order chi connectivity index (χ1) is 14.5. The van der Waals surface area contributed by atoms with Gasteiger partial charge in [-0.1, -0.05) is 64.1 Å². The van der Waals surface area contributed by atoms with Gasteiger partial charge in [0.1, 0.15) is 0 Å². The molecular weight excluding hydrogens is 384 g/mol. The summed E-state index contributed by atoms with van der Waals surface area (Å²) in [4.78, 5) is 12.6. The van der Waals surface area contributed by atoms with E-state index < -0.39 is 5.60 Å². The van der Waals surface area contributed by atoms with Crippen molar-refractivity contribution in [2.45, 2.75) is 66.4 Å². The number of nitrogens with one attached hydrogen (secondary N) is 1. The van der Waals surface area contributed by atoms with Gasteiger partial charge in [-0.3, -0.25) is 10.2 Å². The van der Waals surface area contributed by atoms with E-state index >= 15 is 0 Å². The number of rotatable bonds is 7. The summed E-state index contributed by atoms with van der Waals surface area (Å²) in [5.74, 6) is 1.27. The predicted molar refractivity (Wildman–Crippen MR) is 130 cm³/mol. The van der Waals surface area contributed by atoms with Crippen LogP contribution in [-0.2, 0) is 6.42 Å². The summed E-state index contributed by atoms with van der Waals surface area (Å²) in [5, 5.41) is 18.0. The Morgan fingerprint density at radius 3 is 2.13 bits per heavy atom. The van der Waals surface area contributed by atoms with E-state index in [1.165, 1.54) is 12.8 Å². The van der Waals surface area contributed by atoms with Gasteiger partial charge in [-0.2, -0.15) is 0 Å². The highest BCUT2D eigenvalue weighted by atomic mass is 16.3. The first-order valence-electron chi connectivity index (χ1n) is 11.3. The third kappa shape index (κ3) is 6.27. The van der Waals surface area contributed by atoms with Crippen LogP contribution >= 0.6 is 0 Å². The Morgan fingerprint density at radius 1 is 1.10 bits per heavy atom. The summed E-state index contributed by atoms with van der Waals surface area (Å²) in [5.41, 5.74) is 9.35. The minimum Gasteiger partial charge on any atom is -0.398 e. The standard InChI is InChI=1S/C19H22N2O.C8H16O/c1-4-13-8-7-10-15(17(13)19(22)12(2)3)18(21)14-9-5-6-11-16(14)20;1-6(7-4-5-7)8(2,3)9/h5-12,21H,4,20H2,1-3H3;6-7,9H,4-5H2,1-3H3. The first-order valence-corrected chi connectivity index (χ1v) is 11.3. The van der Waals surface area contributed by atoms with Crippen LogP contribution < -0.4 is 5.73 Å². The van der Waals surface area contributed by atoms with Crippen LogP contribution in [0.15, 0.2) is 42.5 Å². The molecule has 0 spiro atoms. The van der Waals surface area contributed by atoms with Gasteiger partial charge in [0.2, 0.25) is 0 Å². The second-order valence-corrected chi connectivity index (χ2v) is 9.45. The fraction of sp³-hybridized carbons (Fsp3) is 0.481. The molecule has 0 amide bonds. The quantitative estimate of drug-likeness (QED) is 0.295. The van der Waals surface area contributed by atoms with Crippen molar-refractivity contribution in [3.8, 4) is 0 Å². The topological polar surface area (TPSA) is 87.2 Å². The lowest BCUT2D eigenvalue weighted by molar-refractivity contribution is 0.0155. The second kappa shape index (κ2) is 10.2. The van der Waals surface area contributed by atoms with Crippen molar-refractivity contribution in [1.82, 2.24) is 0 Å². The van der Waals surface area contributed by atoms with Gasteiger partial charge in [0.25, 0.3) is 0 Å². The lowest BCUT2D eigenvalue weighted by Crippen LogP contribution is -2.29. The van der Waals surface area contributed by atoms with Gasteiger partial charge in [0, 0.05) is 28.3 Å². The van der Waals surface area contributed by atoms with Crippen molar-refractivity contribution in [3.63, 3.8) is 0 Å². The molecule has 4 nitrogen and oxygen atoms in total. The lowest BCUT2D eigenvalue weighted by Gasteiger charge is -2.25. The molecule has 168 valence electrons. The van der Waals surface area contributed by atoms with Crippen LogP contribution in [0.1, 0.15) is 81.4 Å². The Labute approximate surface area is 187 Å². The number of hydrogen-bond acceptors (Lipinski definition) is 4. The van der Waals surface area contributed by atoms with E-state index in [0.717, 1.165) is 17.9 Å². The number of ketones is 1. The largest absolute Gasteiger partial charge is 0.398 e. The summed E-state index contributed by atoms with van der Waals surface area (Å²) in [7, 11) is 0. The molecule has 0 heterocycles. The Kier molecular flexibility index (Phi) is 8.19. The van der Waals surface area contributed by atoms with E-state index in [9.17, 15) is 9.90 Å². The zero-order valence-corrected chi connectivity index (χ0v) is 19.8. The number of aryl methyl sites for hydroxylation is 1. The molecular formula is C27H38N2O2. The number of nitrogen functional groups attached to an aromatic ring is 1. The third-order valence-corrected chi connectivity index (χ3v) is 6.25. The third-order valence-electron chi connectivity index (χ3n) is 6.25. The van der Waals surface area contributed by atoms with Crippen LogP contribution in [0.5, 0.6) is 0 Å². The molecule has 1 aliphatic rings. The number of anilines is 1. The summed E-state index contributed by atoms with van der Waals surface area (Å²) in [6, 6.07) is 13.0. The first kappa shape index (κ1) is 24.8. The number of nitrogens with two attached hydrogens (primary N) is 1. The van der Waals surface area contributed by atoms with E-state index in [4.69, 9.17) is 11.1 Å². The Hall–Kier alpha value is -2.46. The molecule has 31 heavy (non-hydrogen) atoms. The van der Waals surface area contributed by atoms with Crippen LogP contribution in [0.4, 0.5) is 5.69 Å². The molecule has 0 radical (unpaired) electrons. The molecule has 3 rings (SSSR count). The van der Waals surface area contributed by atoms with Gasteiger partial charge in [-0.25, -0.2) is 0 Å². The number of benzene rings is 2. The van der Waals surface area contributed by atoms with E-state index in [0.29, 0.717) is 34.0 Å². The SMILES string of the molecule is CC(C1CC1)C(C)(C)O.CCc1cccc(C(=N)c2ccccc2N)c1C(=O)C(C)C. The second-order valence-electron chi connectivity index (χ2n) is 9.45. The van der Waals surface area contributed by atoms with E-state index in [1.807, 2.05) is 71.0 Å². The average Bonchev–Trinajstić information content (AvgIpc) is 3.57. The molecule has 1 aliphatic carbocycles. The van der Waals surface area contributed by atoms with Crippen LogP contribution in [0, 0.1) is 23.2 Å². The number of carbonyl (C=O) groups is 1. The van der Waals surface area contributed by atoms with Crippen LogP contribution in [0.25, 0.3) is 0 Å². The fourth-order valence-corrected chi connectivity index (χ4v) is 3.73. The molecule has 1 fully saturated rings.